The third-order valence-electron chi connectivity index (χ3n) is 6.96. The number of aliphatic hydroxyl groups is 1. The fourth-order valence-corrected chi connectivity index (χ4v) is 6.24. The number of carbonyl (C=O) groups is 2. The van der Waals surface area contributed by atoms with Crippen LogP contribution in [0.5, 0.6) is 0 Å². The molecule has 0 aliphatic heterocycles. The standard InChI is InChI=1S/C21H24O4/c1-12-2-3-16-11-21(24,18(22)17(16)4-12)19(23)25-20-8-13-5-14(9-20)7-15(6-13)10-20/h2-4,13-15,24H,5-11H2,1H3. The van der Waals surface area contributed by atoms with Crippen molar-refractivity contribution in [1.82, 2.24) is 0 Å². The van der Waals surface area contributed by atoms with Crippen LogP contribution in [0, 0.1) is 24.7 Å². The van der Waals surface area contributed by atoms with Gasteiger partial charge in [-0.15, -0.1) is 0 Å². The summed E-state index contributed by atoms with van der Waals surface area (Å²) in [7, 11) is 0. The van der Waals surface area contributed by atoms with Gasteiger partial charge in [-0.2, -0.15) is 0 Å². The molecule has 4 saturated carbocycles. The molecule has 1 atom stereocenters. The molecule has 0 aromatic heterocycles. The number of carbonyl (C=O) groups excluding carboxylic acids is 2. The highest BCUT2D eigenvalue weighted by Gasteiger charge is 2.57. The van der Waals surface area contributed by atoms with Gasteiger partial charge in [-0.25, -0.2) is 4.79 Å². The molecule has 25 heavy (non-hydrogen) atoms. The maximum absolute atomic E-state index is 12.9. The van der Waals surface area contributed by atoms with E-state index in [2.05, 4.69) is 0 Å². The molecule has 1 aromatic carbocycles. The molecule has 4 nitrogen and oxygen atoms in total. The first kappa shape index (κ1) is 15.6. The lowest BCUT2D eigenvalue weighted by Gasteiger charge is -2.56. The number of ketones is 1. The summed E-state index contributed by atoms with van der Waals surface area (Å²) in [5.41, 5.74) is -0.331. The van der Waals surface area contributed by atoms with Crippen molar-refractivity contribution in [2.45, 2.75) is 63.1 Å². The maximum atomic E-state index is 12.9. The fraction of sp³-hybridized carbons (Fsp3) is 0.619. The smallest absolute Gasteiger partial charge is 0.347 e. The molecule has 5 aliphatic rings. The van der Waals surface area contributed by atoms with Crippen molar-refractivity contribution in [2.75, 3.05) is 0 Å². The van der Waals surface area contributed by atoms with E-state index in [9.17, 15) is 14.7 Å². The van der Waals surface area contributed by atoms with Gasteiger partial charge in [-0.05, 0) is 74.8 Å². The van der Waals surface area contributed by atoms with Crippen molar-refractivity contribution in [1.29, 1.82) is 0 Å². The summed E-state index contributed by atoms with van der Waals surface area (Å²) < 4.78 is 5.96. The van der Waals surface area contributed by atoms with Crippen LogP contribution < -0.4 is 0 Å². The topological polar surface area (TPSA) is 63.6 Å². The molecule has 4 fully saturated rings. The number of benzene rings is 1. The van der Waals surface area contributed by atoms with Gasteiger partial charge in [0.15, 0.2) is 0 Å². The first-order valence-corrected chi connectivity index (χ1v) is 9.47. The van der Waals surface area contributed by atoms with Gasteiger partial charge in [0.05, 0.1) is 0 Å². The molecule has 1 N–H and O–H groups in total. The summed E-state index contributed by atoms with van der Waals surface area (Å²) in [6.07, 6.45) is 6.51. The minimum atomic E-state index is -2.04. The van der Waals surface area contributed by atoms with Crippen LogP contribution in [-0.2, 0) is 16.0 Å². The SMILES string of the molecule is Cc1ccc2c(c1)C(=O)C(O)(C(=O)OC13CC4CC(CC(C4)C1)C3)C2. The molecule has 5 aliphatic carbocycles. The first-order chi connectivity index (χ1) is 11.9. The molecule has 1 unspecified atom stereocenters. The van der Waals surface area contributed by atoms with Gasteiger partial charge in [-0.1, -0.05) is 17.7 Å². The van der Waals surface area contributed by atoms with Crippen LogP contribution in [0.3, 0.4) is 0 Å². The lowest BCUT2D eigenvalue weighted by molar-refractivity contribution is -0.199. The number of ether oxygens (including phenoxy) is 1. The Bertz CT molecular complexity index is 745. The van der Waals surface area contributed by atoms with Crippen LogP contribution in [0.1, 0.15) is 60.0 Å². The van der Waals surface area contributed by atoms with E-state index in [1.165, 1.54) is 19.3 Å². The highest BCUT2D eigenvalue weighted by molar-refractivity contribution is 6.18. The van der Waals surface area contributed by atoms with Crippen LogP contribution in [0.2, 0.25) is 0 Å². The van der Waals surface area contributed by atoms with Crippen molar-refractivity contribution in [3.8, 4) is 0 Å². The van der Waals surface area contributed by atoms with Gasteiger partial charge >= 0.3 is 5.97 Å². The van der Waals surface area contributed by atoms with Crippen molar-refractivity contribution in [2.24, 2.45) is 17.8 Å². The molecule has 0 saturated heterocycles. The Morgan fingerprint density at radius 1 is 1.12 bits per heavy atom. The molecular formula is C21H24O4. The second-order valence-electron chi connectivity index (χ2n) is 9.02. The van der Waals surface area contributed by atoms with Gasteiger partial charge in [0.2, 0.25) is 11.4 Å². The second kappa shape index (κ2) is 4.94. The molecule has 0 spiro atoms. The molecule has 0 amide bonds. The summed E-state index contributed by atoms with van der Waals surface area (Å²) in [6.45, 7) is 1.90. The predicted molar refractivity (Wildman–Crippen MR) is 91.2 cm³/mol. The highest BCUT2D eigenvalue weighted by atomic mass is 16.6. The van der Waals surface area contributed by atoms with Crippen LogP contribution in [-0.4, -0.2) is 28.1 Å². The summed E-state index contributed by atoms with van der Waals surface area (Å²) in [6, 6.07) is 5.49. The van der Waals surface area contributed by atoms with E-state index >= 15 is 0 Å². The number of esters is 1. The van der Waals surface area contributed by atoms with Crippen molar-refractivity contribution in [3.05, 3.63) is 34.9 Å². The number of hydrogen-bond acceptors (Lipinski definition) is 4. The summed E-state index contributed by atoms with van der Waals surface area (Å²) in [5, 5.41) is 10.9. The number of aryl methyl sites for hydroxylation is 1. The Morgan fingerprint density at radius 2 is 1.72 bits per heavy atom. The molecule has 0 radical (unpaired) electrons. The maximum Gasteiger partial charge on any atom is 0.347 e. The molecule has 132 valence electrons. The Kier molecular flexibility index (Phi) is 3.08. The zero-order valence-corrected chi connectivity index (χ0v) is 14.6. The minimum Gasteiger partial charge on any atom is -0.457 e. The average molecular weight is 340 g/mol. The molecule has 0 heterocycles. The molecule has 4 bridgehead atoms. The summed E-state index contributed by atoms with van der Waals surface area (Å²) in [5.74, 6) is 0.711. The largest absolute Gasteiger partial charge is 0.457 e. The summed E-state index contributed by atoms with van der Waals surface area (Å²) >= 11 is 0. The monoisotopic (exact) mass is 340 g/mol. The fourth-order valence-electron chi connectivity index (χ4n) is 6.24. The quantitative estimate of drug-likeness (QED) is 0.664. The number of Topliss-reactive ketones (excluding diaryl/α,β-unsaturated/α-hetero) is 1. The van der Waals surface area contributed by atoms with E-state index in [-0.39, 0.29) is 6.42 Å². The van der Waals surface area contributed by atoms with Crippen LogP contribution >= 0.6 is 0 Å². The van der Waals surface area contributed by atoms with E-state index in [1.54, 1.807) is 6.07 Å². The number of fused-ring (bicyclic) bond motifs is 1. The van der Waals surface area contributed by atoms with Crippen LogP contribution in [0.15, 0.2) is 18.2 Å². The first-order valence-electron chi connectivity index (χ1n) is 9.47. The van der Waals surface area contributed by atoms with Crippen LogP contribution in [0.25, 0.3) is 0 Å². The van der Waals surface area contributed by atoms with Gasteiger partial charge in [0.1, 0.15) is 5.60 Å². The predicted octanol–water partition coefficient (Wildman–Crippen LogP) is 2.98. The second-order valence-corrected chi connectivity index (χ2v) is 9.02. The van der Waals surface area contributed by atoms with Gasteiger partial charge in [0, 0.05) is 12.0 Å². The Morgan fingerprint density at radius 3 is 2.32 bits per heavy atom. The zero-order valence-electron chi connectivity index (χ0n) is 14.6. The number of hydrogen-bond donors (Lipinski definition) is 1. The van der Waals surface area contributed by atoms with E-state index in [0.717, 1.165) is 30.4 Å². The Labute approximate surface area is 147 Å². The molecular weight excluding hydrogens is 316 g/mol. The molecule has 4 heteroatoms. The summed E-state index contributed by atoms with van der Waals surface area (Å²) in [4.78, 5) is 25.7. The van der Waals surface area contributed by atoms with Crippen molar-refractivity contribution in [3.63, 3.8) is 0 Å². The van der Waals surface area contributed by atoms with E-state index in [4.69, 9.17) is 4.74 Å². The van der Waals surface area contributed by atoms with Crippen molar-refractivity contribution < 1.29 is 19.4 Å². The lowest BCUT2D eigenvalue weighted by atomic mass is 9.54. The molecule has 6 rings (SSSR count). The van der Waals surface area contributed by atoms with Gasteiger partial charge in [-0.3, -0.25) is 4.79 Å². The number of rotatable bonds is 2. The lowest BCUT2D eigenvalue weighted by Crippen LogP contribution is -2.56. The third-order valence-corrected chi connectivity index (χ3v) is 6.96. The normalized spacial score (nSPS) is 41.0. The minimum absolute atomic E-state index is 0.0344. The third kappa shape index (κ3) is 2.23. The van der Waals surface area contributed by atoms with Crippen LogP contribution in [0.4, 0.5) is 0 Å². The van der Waals surface area contributed by atoms with Crippen molar-refractivity contribution >= 4 is 11.8 Å². The van der Waals surface area contributed by atoms with Gasteiger partial charge in [0.25, 0.3) is 0 Å². The highest BCUT2D eigenvalue weighted by Crippen LogP contribution is 2.57. The van der Waals surface area contributed by atoms with E-state index in [0.29, 0.717) is 23.3 Å². The average Bonchev–Trinajstić information content (AvgIpc) is 2.78. The van der Waals surface area contributed by atoms with E-state index < -0.39 is 23.0 Å². The van der Waals surface area contributed by atoms with Gasteiger partial charge < -0.3 is 9.84 Å². The zero-order chi connectivity index (χ0) is 17.4. The van der Waals surface area contributed by atoms with E-state index in [1.807, 2.05) is 19.1 Å². The molecule has 1 aromatic rings. The Balaban J connectivity index is 1.41. The Hall–Kier alpha value is -1.68.